The van der Waals surface area contributed by atoms with Gasteiger partial charge in [0.05, 0.1) is 16.7 Å². The summed E-state index contributed by atoms with van der Waals surface area (Å²) in [6, 6.07) is 6.64. The van der Waals surface area contributed by atoms with Crippen LogP contribution in [0.4, 0.5) is 0 Å². The van der Waals surface area contributed by atoms with Crippen LogP contribution in [0.3, 0.4) is 0 Å². The molecule has 1 aliphatic rings. The van der Waals surface area contributed by atoms with Crippen molar-refractivity contribution in [1.29, 1.82) is 0 Å². The molecular weight excluding hydrogens is 406 g/mol. The number of carbonyl (C=O) groups is 1. The van der Waals surface area contributed by atoms with Crippen molar-refractivity contribution in [2.45, 2.75) is 23.8 Å². The summed E-state index contributed by atoms with van der Waals surface area (Å²) in [5.74, 6) is 0.566. The van der Waals surface area contributed by atoms with E-state index < -0.39 is 10.0 Å². The lowest BCUT2D eigenvalue weighted by Gasteiger charge is -2.32. The predicted octanol–water partition coefficient (Wildman–Crippen LogP) is 0.944. The molecule has 0 aliphatic carbocycles. The Balaban J connectivity index is 1.38. The van der Waals surface area contributed by atoms with Gasteiger partial charge >= 0.3 is 0 Å². The van der Waals surface area contributed by atoms with E-state index in [0.29, 0.717) is 17.9 Å². The van der Waals surface area contributed by atoms with E-state index in [1.807, 2.05) is 0 Å². The molecule has 1 saturated heterocycles. The first-order valence-electron chi connectivity index (χ1n) is 9.93. The van der Waals surface area contributed by atoms with Crippen molar-refractivity contribution in [1.82, 2.24) is 24.3 Å². The molecular formula is C20H29N5O4S. The normalized spacial score (nSPS) is 16.0. The molecule has 0 spiro atoms. The van der Waals surface area contributed by atoms with Crippen molar-refractivity contribution >= 4 is 15.9 Å². The monoisotopic (exact) mass is 435 g/mol. The number of hydrogen-bond acceptors (Lipinski definition) is 6. The Labute approximate surface area is 177 Å². The van der Waals surface area contributed by atoms with Gasteiger partial charge in [-0.2, -0.15) is 5.10 Å². The molecule has 1 N–H and O–H groups in total. The van der Waals surface area contributed by atoms with Crippen LogP contribution < -0.4 is 10.1 Å². The number of aryl methyl sites for hydroxylation is 1. The van der Waals surface area contributed by atoms with E-state index in [0.717, 1.165) is 32.5 Å². The van der Waals surface area contributed by atoms with Crippen LogP contribution in [-0.4, -0.2) is 79.7 Å². The fourth-order valence-corrected chi connectivity index (χ4v) is 4.22. The van der Waals surface area contributed by atoms with E-state index >= 15 is 0 Å². The number of hydrogen-bond donors (Lipinski definition) is 1. The zero-order valence-corrected chi connectivity index (χ0v) is 18.4. The minimum atomic E-state index is -3.43. The lowest BCUT2D eigenvalue weighted by molar-refractivity contribution is 0.0905. The molecule has 3 rings (SSSR count). The van der Waals surface area contributed by atoms with Gasteiger partial charge < -0.3 is 10.1 Å². The van der Waals surface area contributed by atoms with E-state index in [4.69, 9.17) is 4.74 Å². The van der Waals surface area contributed by atoms with Crippen molar-refractivity contribution in [3.05, 3.63) is 42.2 Å². The quantitative estimate of drug-likeness (QED) is 0.663. The first-order valence-corrected chi connectivity index (χ1v) is 11.4. The molecule has 1 aliphatic heterocycles. The number of amides is 1. The summed E-state index contributed by atoms with van der Waals surface area (Å²) >= 11 is 0. The number of benzene rings is 1. The number of sulfonamides is 1. The minimum Gasteiger partial charge on any atom is -0.492 e. The standard InChI is InChI=1S/C20H29N5O4S/c1-23(2)30(27,28)19-6-4-18(5-7-19)29-13-12-25-10-8-17(9-11-25)22-20(26)16-14-21-24(3)15-16/h4-7,14-15,17H,8-13H2,1-3H3,(H,22,26). The Morgan fingerprint density at radius 2 is 1.90 bits per heavy atom. The first-order chi connectivity index (χ1) is 14.3. The van der Waals surface area contributed by atoms with Gasteiger partial charge in [-0.1, -0.05) is 0 Å². The zero-order chi connectivity index (χ0) is 21.7. The lowest BCUT2D eigenvalue weighted by Crippen LogP contribution is -2.45. The molecule has 1 fully saturated rings. The average molecular weight is 436 g/mol. The van der Waals surface area contributed by atoms with Gasteiger partial charge in [-0.3, -0.25) is 14.4 Å². The maximum Gasteiger partial charge on any atom is 0.254 e. The van der Waals surface area contributed by atoms with E-state index in [1.54, 1.807) is 48.4 Å². The van der Waals surface area contributed by atoms with Gasteiger partial charge in [0, 0.05) is 53.0 Å². The number of aromatic nitrogens is 2. The highest BCUT2D eigenvalue weighted by molar-refractivity contribution is 7.89. The molecule has 0 atom stereocenters. The highest BCUT2D eigenvalue weighted by Crippen LogP contribution is 2.18. The molecule has 0 saturated carbocycles. The number of ether oxygens (including phenoxy) is 1. The fraction of sp³-hybridized carbons (Fsp3) is 0.500. The lowest BCUT2D eigenvalue weighted by atomic mass is 10.0. The summed E-state index contributed by atoms with van der Waals surface area (Å²) in [5.41, 5.74) is 0.581. The molecule has 0 radical (unpaired) electrons. The Hall–Kier alpha value is -2.43. The van der Waals surface area contributed by atoms with Gasteiger partial charge in [0.15, 0.2) is 0 Å². The molecule has 2 aromatic rings. The van der Waals surface area contributed by atoms with Crippen molar-refractivity contribution < 1.29 is 17.9 Å². The average Bonchev–Trinajstić information content (AvgIpc) is 3.16. The molecule has 164 valence electrons. The molecule has 2 heterocycles. The van der Waals surface area contributed by atoms with Crippen molar-refractivity contribution in [3.8, 4) is 5.75 Å². The highest BCUT2D eigenvalue weighted by atomic mass is 32.2. The maximum atomic E-state index is 12.2. The third-order valence-electron chi connectivity index (χ3n) is 5.17. The van der Waals surface area contributed by atoms with Crippen LogP contribution in [-0.2, 0) is 17.1 Å². The molecule has 0 unspecified atom stereocenters. The van der Waals surface area contributed by atoms with Crippen LogP contribution >= 0.6 is 0 Å². The van der Waals surface area contributed by atoms with Crippen LogP contribution in [0, 0.1) is 0 Å². The molecule has 9 nitrogen and oxygen atoms in total. The van der Waals surface area contributed by atoms with Gasteiger partial charge in [0.2, 0.25) is 10.0 Å². The minimum absolute atomic E-state index is 0.0791. The number of rotatable bonds is 8. The first kappa shape index (κ1) is 22.3. The second-order valence-corrected chi connectivity index (χ2v) is 9.75. The molecule has 10 heteroatoms. The second-order valence-electron chi connectivity index (χ2n) is 7.60. The third kappa shape index (κ3) is 5.59. The largest absolute Gasteiger partial charge is 0.492 e. The summed E-state index contributed by atoms with van der Waals surface area (Å²) in [5, 5.41) is 7.10. The Morgan fingerprint density at radius 3 is 2.47 bits per heavy atom. The SMILES string of the molecule is CN(C)S(=O)(=O)c1ccc(OCCN2CCC(NC(=O)c3cnn(C)c3)CC2)cc1. The predicted molar refractivity (Wildman–Crippen MR) is 113 cm³/mol. The van der Waals surface area contributed by atoms with E-state index in [9.17, 15) is 13.2 Å². The van der Waals surface area contributed by atoms with E-state index in [2.05, 4.69) is 15.3 Å². The van der Waals surface area contributed by atoms with Gasteiger partial charge in [0.1, 0.15) is 12.4 Å². The Bertz CT molecular complexity index is 948. The topological polar surface area (TPSA) is 96.8 Å². The van der Waals surface area contributed by atoms with Crippen LogP contribution in [0.5, 0.6) is 5.75 Å². The molecule has 1 amide bonds. The van der Waals surface area contributed by atoms with Gasteiger partial charge in [-0.15, -0.1) is 0 Å². The smallest absolute Gasteiger partial charge is 0.254 e. The van der Waals surface area contributed by atoms with Crippen molar-refractivity contribution in [2.75, 3.05) is 40.3 Å². The number of nitrogens with zero attached hydrogens (tertiary/aromatic N) is 4. The van der Waals surface area contributed by atoms with Gasteiger partial charge in [0.25, 0.3) is 5.91 Å². The van der Waals surface area contributed by atoms with E-state index in [1.165, 1.54) is 18.4 Å². The Kier molecular flexibility index (Phi) is 7.11. The third-order valence-corrected chi connectivity index (χ3v) is 7.00. The fourth-order valence-electron chi connectivity index (χ4n) is 3.32. The zero-order valence-electron chi connectivity index (χ0n) is 17.6. The summed E-state index contributed by atoms with van der Waals surface area (Å²) < 4.78 is 32.7. The number of carbonyl (C=O) groups excluding carboxylic acids is 1. The summed E-state index contributed by atoms with van der Waals surface area (Å²) in [4.78, 5) is 14.8. The van der Waals surface area contributed by atoms with Gasteiger partial charge in [-0.05, 0) is 37.1 Å². The molecule has 30 heavy (non-hydrogen) atoms. The molecule has 0 bridgehead atoms. The van der Waals surface area contributed by atoms with Crippen molar-refractivity contribution in [3.63, 3.8) is 0 Å². The second kappa shape index (κ2) is 9.59. The van der Waals surface area contributed by atoms with Crippen LogP contribution in [0.2, 0.25) is 0 Å². The summed E-state index contributed by atoms with van der Waals surface area (Å²) in [7, 11) is 1.38. The number of nitrogens with one attached hydrogen (secondary N) is 1. The van der Waals surface area contributed by atoms with Gasteiger partial charge in [-0.25, -0.2) is 12.7 Å². The summed E-state index contributed by atoms with van der Waals surface area (Å²) in [6.07, 6.45) is 5.07. The number of likely N-dealkylation sites (tertiary alicyclic amines) is 1. The maximum absolute atomic E-state index is 12.2. The van der Waals surface area contributed by atoms with Crippen LogP contribution in [0.15, 0.2) is 41.6 Å². The Morgan fingerprint density at radius 1 is 1.23 bits per heavy atom. The van der Waals surface area contributed by atoms with E-state index in [-0.39, 0.29) is 16.8 Å². The molecule has 1 aromatic heterocycles. The number of piperidine rings is 1. The van der Waals surface area contributed by atoms with Crippen LogP contribution in [0.25, 0.3) is 0 Å². The highest BCUT2D eigenvalue weighted by Gasteiger charge is 2.21. The molecule has 1 aromatic carbocycles. The summed E-state index contributed by atoms with van der Waals surface area (Å²) in [6.45, 7) is 3.08. The van der Waals surface area contributed by atoms with Crippen LogP contribution in [0.1, 0.15) is 23.2 Å². The van der Waals surface area contributed by atoms with Crippen molar-refractivity contribution in [2.24, 2.45) is 7.05 Å².